The Morgan fingerprint density at radius 2 is 1.80 bits per heavy atom. The third-order valence-electron chi connectivity index (χ3n) is 3.31. The summed E-state index contributed by atoms with van der Waals surface area (Å²) in [5.41, 5.74) is 1.48. The minimum absolute atomic E-state index is 0.152. The van der Waals surface area contributed by atoms with E-state index in [0.717, 1.165) is 17.0 Å². The van der Waals surface area contributed by atoms with Crippen molar-refractivity contribution in [3.63, 3.8) is 0 Å². The molecular weight excluding hydrogens is 340 g/mol. The third-order valence-corrected chi connectivity index (χ3v) is 4.20. The van der Waals surface area contributed by atoms with Gasteiger partial charge in [-0.2, -0.15) is 0 Å². The molecule has 1 amide bonds. The largest absolute Gasteiger partial charge is 0.382 e. The van der Waals surface area contributed by atoms with Crippen molar-refractivity contribution < 1.29 is 19.0 Å². The normalized spacial score (nSPS) is 10.8. The monoisotopic (exact) mass is 364 g/mol. The molecule has 0 aliphatic carbocycles. The number of hydrogen-bond donors (Lipinski definition) is 1. The fourth-order valence-corrected chi connectivity index (χ4v) is 2.83. The van der Waals surface area contributed by atoms with Crippen LogP contribution in [0.2, 0.25) is 0 Å². The number of carbonyl (C=O) groups excluding carboxylic acids is 1. The molecule has 0 bridgehead atoms. The van der Waals surface area contributed by atoms with Gasteiger partial charge in [-0.25, -0.2) is 4.98 Å². The van der Waals surface area contributed by atoms with E-state index in [1.165, 1.54) is 11.3 Å². The maximum atomic E-state index is 12.1. The predicted molar refractivity (Wildman–Crippen MR) is 98.0 cm³/mol. The molecule has 7 heteroatoms. The Balaban J connectivity index is 1.58. The van der Waals surface area contributed by atoms with Gasteiger partial charge in [-0.15, -0.1) is 11.3 Å². The number of amides is 1. The Hall–Kier alpha value is -1.80. The molecule has 1 aromatic carbocycles. The lowest BCUT2D eigenvalue weighted by molar-refractivity contribution is 0.0244. The van der Waals surface area contributed by atoms with Crippen LogP contribution in [-0.4, -0.2) is 57.6 Å². The van der Waals surface area contributed by atoms with Crippen molar-refractivity contribution in [2.45, 2.75) is 6.42 Å². The van der Waals surface area contributed by atoms with Crippen LogP contribution in [0.4, 0.5) is 0 Å². The molecular formula is C18H24N2O4S. The van der Waals surface area contributed by atoms with Gasteiger partial charge < -0.3 is 19.5 Å². The van der Waals surface area contributed by atoms with Crippen LogP contribution < -0.4 is 5.32 Å². The summed E-state index contributed by atoms with van der Waals surface area (Å²) in [6.45, 7) is 3.41. The topological polar surface area (TPSA) is 69.7 Å². The molecule has 0 spiro atoms. The second-order valence-electron chi connectivity index (χ2n) is 5.23. The van der Waals surface area contributed by atoms with Crippen molar-refractivity contribution in [2.24, 2.45) is 0 Å². The lowest BCUT2D eigenvalue weighted by Gasteiger charge is -2.06. The number of methoxy groups -OCH3 is 1. The summed E-state index contributed by atoms with van der Waals surface area (Å²) in [5, 5.41) is 5.49. The van der Waals surface area contributed by atoms with Gasteiger partial charge in [-0.05, 0) is 6.42 Å². The summed E-state index contributed by atoms with van der Waals surface area (Å²) in [6, 6.07) is 9.84. The molecule has 0 aliphatic rings. The lowest BCUT2D eigenvalue weighted by Crippen LogP contribution is -2.25. The van der Waals surface area contributed by atoms with E-state index in [2.05, 4.69) is 10.3 Å². The molecule has 136 valence electrons. The van der Waals surface area contributed by atoms with E-state index >= 15 is 0 Å². The number of rotatable bonds is 12. The molecule has 0 unspecified atom stereocenters. The highest BCUT2D eigenvalue weighted by Crippen LogP contribution is 2.23. The zero-order valence-corrected chi connectivity index (χ0v) is 15.2. The molecule has 6 nitrogen and oxygen atoms in total. The van der Waals surface area contributed by atoms with Gasteiger partial charge in [-0.1, -0.05) is 30.3 Å². The van der Waals surface area contributed by atoms with E-state index < -0.39 is 0 Å². The summed E-state index contributed by atoms with van der Waals surface area (Å²) in [7, 11) is 1.64. The van der Waals surface area contributed by atoms with E-state index in [4.69, 9.17) is 14.2 Å². The van der Waals surface area contributed by atoms with Crippen molar-refractivity contribution >= 4 is 17.2 Å². The fraction of sp³-hybridized carbons (Fsp3) is 0.444. The van der Waals surface area contributed by atoms with Crippen LogP contribution in [0.5, 0.6) is 0 Å². The highest BCUT2D eigenvalue weighted by molar-refractivity contribution is 7.13. The molecule has 2 aromatic rings. The highest BCUT2D eigenvalue weighted by atomic mass is 32.1. The molecule has 0 saturated heterocycles. The standard InChI is InChI=1S/C18H24N2O4S/c1-22-10-11-24-13-12-23-9-5-8-19-17(21)16-14-25-18(20-16)15-6-3-2-4-7-15/h2-4,6-7,14H,5,8-13H2,1H3,(H,19,21). The molecule has 1 aromatic heterocycles. The quantitative estimate of drug-likeness (QED) is 0.586. The summed E-state index contributed by atoms with van der Waals surface area (Å²) in [6.07, 6.45) is 0.749. The van der Waals surface area contributed by atoms with Crippen LogP contribution in [0.25, 0.3) is 10.6 Å². The maximum absolute atomic E-state index is 12.1. The van der Waals surface area contributed by atoms with Gasteiger partial charge in [0, 0.05) is 31.2 Å². The van der Waals surface area contributed by atoms with Gasteiger partial charge in [0.05, 0.1) is 26.4 Å². The van der Waals surface area contributed by atoms with E-state index in [-0.39, 0.29) is 5.91 Å². The van der Waals surface area contributed by atoms with Crippen molar-refractivity contribution in [1.82, 2.24) is 10.3 Å². The average Bonchev–Trinajstić information content (AvgIpc) is 3.14. The molecule has 0 aliphatic heterocycles. The summed E-state index contributed by atoms with van der Waals surface area (Å²) < 4.78 is 15.6. The van der Waals surface area contributed by atoms with Crippen molar-refractivity contribution in [3.05, 3.63) is 41.4 Å². The smallest absolute Gasteiger partial charge is 0.270 e. The van der Waals surface area contributed by atoms with Crippen LogP contribution in [0.3, 0.4) is 0 Å². The van der Waals surface area contributed by atoms with Gasteiger partial charge in [0.25, 0.3) is 5.91 Å². The molecule has 0 radical (unpaired) electrons. The molecule has 0 atom stereocenters. The van der Waals surface area contributed by atoms with Gasteiger partial charge in [0.2, 0.25) is 0 Å². The summed E-state index contributed by atoms with van der Waals surface area (Å²) in [4.78, 5) is 16.5. The average molecular weight is 364 g/mol. The van der Waals surface area contributed by atoms with Gasteiger partial charge in [0.1, 0.15) is 10.7 Å². The summed E-state index contributed by atoms with van der Waals surface area (Å²) in [5.74, 6) is -0.152. The SMILES string of the molecule is COCCOCCOCCCNC(=O)c1csc(-c2ccccc2)n1. The minimum atomic E-state index is -0.152. The predicted octanol–water partition coefficient (Wildman–Crippen LogP) is 2.61. The van der Waals surface area contributed by atoms with Gasteiger partial charge in [-0.3, -0.25) is 4.79 Å². The second-order valence-corrected chi connectivity index (χ2v) is 6.09. The highest BCUT2D eigenvalue weighted by Gasteiger charge is 2.11. The molecule has 0 saturated carbocycles. The molecule has 2 rings (SSSR count). The van der Waals surface area contributed by atoms with Crippen LogP contribution >= 0.6 is 11.3 Å². The fourth-order valence-electron chi connectivity index (χ4n) is 2.02. The Morgan fingerprint density at radius 1 is 1.08 bits per heavy atom. The van der Waals surface area contributed by atoms with E-state index in [0.29, 0.717) is 45.3 Å². The molecule has 1 N–H and O–H groups in total. The maximum Gasteiger partial charge on any atom is 0.270 e. The number of nitrogens with zero attached hydrogens (tertiary/aromatic N) is 1. The number of hydrogen-bond acceptors (Lipinski definition) is 6. The number of nitrogens with one attached hydrogen (secondary N) is 1. The van der Waals surface area contributed by atoms with Crippen molar-refractivity contribution in [2.75, 3.05) is 46.7 Å². The van der Waals surface area contributed by atoms with Crippen LogP contribution in [0, 0.1) is 0 Å². The lowest BCUT2D eigenvalue weighted by atomic mass is 10.2. The number of ether oxygens (including phenoxy) is 3. The van der Waals surface area contributed by atoms with Gasteiger partial charge >= 0.3 is 0 Å². The third kappa shape index (κ3) is 7.31. The zero-order valence-electron chi connectivity index (χ0n) is 14.4. The van der Waals surface area contributed by atoms with Crippen molar-refractivity contribution in [1.29, 1.82) is 0 Å². The van der Waals surface area contributed by atoms with Crippen LogP contribution in [0.15, 0.2) is 35.7 Å². The number of aromatic nitrogens is 1. The van der Waals surface area contributed by atoms with Gasteiger partial charge in [0.15, 0.2) is 0 Å². The van der Waals surface area contributed by atoms with E-state index in [9.17, 15) is 4.79 Å². The van der Waals surface area contributed by atoms with Crippen molar-refractivity contribution in [3.8, 4) is 10.6 Å². The minimum Gasteiger partial charge on any atom is -0.382 e. The Morgan fingerprint density at radius 3 is 2.56 bits per heavy atom. The van der Waals surface area contributed by atoms with E-state index in [1.54, 1.807) is 12.5 Å². The Labute approximate surface area is 152 Å². The second kappa shape index (κ2) is 11.7. The first-order valence-electron chi connectivity index (χ1n) is 8.25. The summed E-state index contributed by atoms with van der Waals surface area (Å²) >= 11 is 1.47. The molecule has 25 heavy (non-hydrogen) atoms. The van der Waals surface area contributed by atoms with Crippen LogP contribution in [0.1, 0.15) is 16.9 Å². The first kappa shape index (κ1) is 19.5. The molecule has 1 heterocycles. The first-order chi connectivity index (χ1) is 12.3. The van der Waals surface area contributed by atoms with E-state index in [1.807, 2.05) is 30.3 Å². The number of benzene rings is 1. The Bertz CT molecular complexity index is 619. The van der Waals surface area contributed by atoms with Crippen LogP contribution in [-0.2, 0) is 14.2 Å². The number of thiazole rings is 1. The molecule has 0 fully saturated rings. The number of carbonyl (C=O) groups is 1. The Kier molecular flexibility index (Phi) is 9.14. The zero-order chi connectivity index (χ0) is 17.7. The first-order valence-corrected chi connectivity index (χ1v) is 9.13.